The topological polar surface area (TPSA) is 64.0 Å². The van der Waals surface area contributed by atoms with E-state index in [9.17, 15) is 0 Å². The van der Waals surface area contributed by atoms with Gasteiger partial charge in [0, 0.05) is 17.0 Å². The van der Waals surface area contributed by atoms with Crippen molar-refractivity contribution in [3.8, 4) is 17.7 Å². The lowest BCUT2D eigenvalue weighted by atomic mass is 9.98. The van der Waals surface area contributed by atoms with E-state index >= 15 is 0 Å². The van der Waals surface area contributed by atoms with Crippen molar-refractivity contribution in [1.82, 2.24) is 4.90 Å². The zero-order chi connectivity index (χ0) is 17.3. The summed E-state index contributed by atoms with van der Waals surface area (Å²) >= 11 is 0. The van der Waals surface area contributed by atoms with Gasteiger partial charge in [-0.1, -0.05) is 5.92 Å². The number of fused-ring (bicyclic) bond motifs is 1. The van der Waals surface area contributed by atoms with Crippen LogP contribution in [0, 0.1) is 17.4 Å². The average molecular weight is 323 g/mol. The summed E-state index contributed by atoms with van der Waals surface area (Å²) in [6.07, 6.45) is 1.17. The Labute approximate surface area is 142 Å². The van der Waals surface area contributed by atoms with Crippen molar-refractivity contribution >= 4 is 11.7 Å². The van der Waals surface area contributed by atoms with Gasteiger partial charge in [-0.05, 0) is 51.1 Å². The normalized spacial score (nSPS) is 16.8. The molecule has 5 nitrogen and oxygen atoms in total. The van der Waals surface area contributed by atoms with Gasteiger partial charge in [-0.3, -0.25) is 4.90 Å². The van der Waals surface area contributed by atoms with E-state index in [1.807, 2.05) is 30.3 Å². The molecule has 0 bridgehead atoms. The molecule has 0 spiro atoms. The van der Waals surface area contributed by atoms with Crippen molar-refractivity contribution in [3.05, 3.63) is 47.7 Å². The number of rotatable bonds is 2. The van der Waals surface area contributed by atoms with E-state index < -0.39 is 6.17 Å². The third kappa shape index (κ3) is 3.15. The summed E-state index contributed by atoms with van der Waals surface area (Å²) in [7, 11) is 1.64. The maximum Gasteiger partial charge on any atom is 0.227 e. The first-order chi connectivity index (χ1) is 11.4. The Morgan fingerprint density at radius 2 is 1.92 bits per heavy atom. The van der Waals surface area contributed by atoms with Crippen LogP contribution in [-0.2, 0) is 0 Å². The second-order valence-electron chi connectivity index (χ2n) is 6.65. The number of benzene rings is 1. The number of ether oxygens (including phenoxy) is 1. The zero-order valence-electron chi connectivity index (χ0n) is 14.3. The molecule has 0 fully saturated rings. The van der Waals surface area contributed by atoms with Gasteiger partial charge in [-0.15, -0.1) is 0 Å². The highest BCUT2D eigenvalue weighted by Crippen LogP contribution is 2.34. The number of nitrogens with two attached hydrogens (primary N) is 1. The van der Waals surface area contributed by atoms with Gasteiger partial charge >= 0.3 is 0 Å². The van der Waals surface area contributed by atoms with Crippen LogP contribution in [0.4, 0.5) is 5.88 Å². The van der Waals surface area contributed by atoms with E-state index in [-0.39, 0.29) is 5.41 Å². The van der Waals surface area contributed by atoms with Gasteiger partial charge in [0.15, 0.2) is 5.84 Å². The molecular formula is C19H21N3O2. The Balaban J connectivity index is 2.08. The minimum Gasteiger partial charge on any atom is -0.497 e. The molecule has 1 aromatic heterocycles. The smallest absolute Gasteiger partial charge is 0.227 e. The molecule has 1 aromatic carbocycles. The van der Waals surface area contributed by atoms with Crippen LogP contribution in [0.2, 0.25) is 0 Å². The lowest BCUT2D eigenvalue weighted by molar-refractivity contribution is 0.414. The fourth-order valence-electron chi connectivity index (χ4n) is 2.34. The molecule has 1 atom stereocenters. The number of aliphatic imine (C=N–C) groups is 1. The summed E-state index contributed by atoms with van der Waals surface area (Å²) in [5.41, 5.74) is 8.00. The summed E-state index contributed by atoms with van der Waals surface area (Å²) in [6.45, 7) is 6.18. The number of hydrogen-bond acceptors (Lipinski definition) is 5. The first-order valence-electron chi connectivity index (χ1n) is 7.77. The van der Waals surface area contributed by atoms with E-state index in [4.69, 9.17) is 14.9 Å². The molecule has 3 rings (SSSR count). The van der Waals surface area contributed by atoms with Gasteiger partial charge in [-0.2, -0.15) is 4.99 Å². The molecule has 5 heteroatoms. The molecule has 2 aromatic rings. The van der Waals surface area contributed by atoms with E-state index in [2.05, 4.69) is 37.7 Å². The molecule has 1 unspecified atom stereocenters. The minimum atomic E-state index is -0.428. The van der Waals surface area contributed by atoms with Crippen LogP contribution in [0.1, 0.15) is 38.1 Å². The third-order valence-corrected chi connectivity index (χ3v) is 3.61. The Bertz CT molecular complexity index is 817. The van der Waals surface area contributed by atoms with Crippen LogP contribution in [0.3, 0.4) is 0 Å². The van der Waals surface area contributed by atoms with Crippen molar-refractivity contribution in [2.45, 2.75) is 26.9 Å². The van der Waals surface area contributed by atoms with Crippen LogP contribution >= 0.6 is 0 Å². The van der Waals surface area contributed by atoms with E-state index in [0.29, 0.717) is 11.7 Å². The second-order valence-corrected chi connectivity index (χ2v) is 6.65. The van der Waals surface area contributed by atoms with Crippen LogP contribution in [0.15, 0.2) is 46.0 Å². The highest BCUT2D eigenvalue weighted by atomic mass is 16.5. The van der Waals surface area contributed by atoms with Crippen LogP contribution < -0.4 is 10.5 Å². The maximum atomic E-state index is 6.41. The average Bonchev–Trinajstić information content (AvgIpc) is 3.02. The van der Waals surface area contributed by atoms with Crippen molar-refractivity contribution in [3.63, 3.8) is 0 Å². The fourth-order valence-corrected chi connectivity index (χ4v) is 2.34. The van der Waals surface area contributed by atoms with Crippen molar-refractivity contribution < 1.29 is 9.15 Å². The molecule has 1 aliphatic heterocycles. The van der Waals surface area contributed by atoms with E-state index in [1.165, 1.54) is 0 Å². The Hall–Kier alpha value is -2.71. The first-order valence-corrected chi connectivity index (χ1v) is 7.77. The summed E-state index contributed by atoms with van der Waals surface area (Å²) in [5, 5.41) is 0. The highest BCUT2D eigenvalue weighted by Gasteiger charge is 2.29. The molecule has 0 aliphatic carbocycles. The molecule has 0 saturated carbocycles. The zero-order valence-corrected chi connectivity index (χ0v) is 14.3. The Kier molecular flexibility index (Phi) is 4.08. The number of furan rings is 1. The summed E-state index contributed by atoms with van der Waals surface area (Å²) in [5.74, 6) is 5.21. The number of hydrogen-bond donors (Lipinski definition) is 1. The quantitative estimate of drug-likeness (QED) is 0.857. The summed E-state index contributed by atoms with van der Waals surface area (Å²) in [6, 6.07) is 12.6. The van der Waals surface area contributed by atoms with Crippen molar-refractivity contribution in [2.75, 3.05) is 7.11 Å². The lowest BCUT2D eigenvalue weighted by Crippen LogP contribution is -2.38. The van der Waals surface area contributed by atoms with Gasteiger partial charge in [0.25, 0.3) is 0 Å². The van der Waals surface area contributed by atoms with Gasteiger partial charge < -0.3 is 14.9 Å². The molecule has 2 heterocycles. The fraction of sp³-hybridized carbons (Fsp3) is 0.316. The van der Waals surface area contributed by atoms with Gasteiger partial charge in [-0.25, -0.2) is 0 Å². The predicted octanol–water partition coefficient (Wildman–Crippen LogP) is 3.65. The second kappa shape index (κ2) is 6.06. The van der Waals surface area contributed by atoms with Crippen molar-refractivity contribution in [1.29, 1.82) is 0 Å². The van der Waals surface area contributed by atoms with Gasteiger partial charge in [0.2, 0.25) is 5.88 Å². The minimum absolute atomic E-state index is 0.137. The Morgan fingerprint density at radius 3 is 2.54 bits per heavy atom. The standard InChI is InChI=1S/C19H21N3O2/c1-19(2,3)10-11-22-16(20)15-9-12-24-18(15)21-17(22)13-5-7-14(23-4)8-6-13/h5-9,12,16H,20H2,1-4H3. The van der Waals surface area contributed by atoms with Crippen LogP contribution in [0.25, 0.3) is 0 Å². The number of amidine groups is 1. The first kappa shape index (κ1) is 16.2. The third-order valence-electron chi connectivity index (χ3n) is 3.61. The maximum absolute atomic E-state index is 6.41. The van der Waals surface area contributed by atoms with E-state index in [1.54, 1.807) is 18.3 Å². The Morgan fingerprint density at radius 1 is 1.21 bits per heavy atom. The molecule has 0 amide bonds. The lowest BCUT2D eigenvalue weighted by Gasteiger charge is -2.29. The molecule has 1 aliphatic rings. The largest absolute Gasteiger partial charge is 0.497 e. The molecule has 2 N–H and O–H groups in total. The molecular weight excluding hydrogens is 302 g/mol. The van der Waals surface area contributed by atoms with Gasteiger partial charge in [0.05, 0.1) is 18.9 Å². The van der Waals surface area contributed by atoms with Crippen LogP contribution in [-0.4, -0.2) is 17.8 Å². The predicted molar refractivity (Wildman–Crippen MR) is 93.9 cm³/mol. The summed E-state index contributed by atoms with van der Waals surface area (Å²) in [4.78, 5) is 6.41. The molecule has 0 saturated heterocycles. The molecule has 24 heavy (non-hydrogen) atoms. The SMILES string of the molecule is COc1ccc(C2=Nc3occc3C(N)N2C#CC(C)(C)C)cc1. The molecule has 124 valence electrons. The summed E-state index contributed by atoms with van der Waals surface area (Å²) < 4.78 is 10.7. The molecule has 0 radical (unpaired) electrons. The van der Waals surface area contributed by atoms with E-state index in [0.717, 1.165) is 16.9 Å². The highest BCUT2D eigenvalue weighted by molar-refractivity contribution is 6.02. The van der Waals surface area contributed by atoms with Crippen LogP contribution in [0.5, 0.6) is 5.75 Å². The monoisotopic (exact) mass is 323 g/mol. The number of nitrogens with zero attached hydrogens (tertiary/aromatic N) is 2. The van der Waals surface area contributed by atoms with Gasteiger partial charge in [0.1, 0.15) is 11.9 Å². The van der Waals surface area contributed by atoms with Crippen molar-refractivity contribution in [2.24, 2.45) is 16.1 Å². The number of methoxy groups -OCH3 is 1.